The zero-order valence-electron chi connectivity index (χ0n) is 12.1. The number of carbonyl (C=O) groups is 4. The third kappa shape index (κ3) is 45.9. The van der Waals surface area contributed by atoms with Gasteiger partial charge in [0.15, 0.2) is 0 Å². The van der Waals surface area contributed by atoms with E-state index >= 15 is 0 Å². The van der Waals surface area contributed by atoms with E-state index < -0.39 is 11.9 Å². The largest absolute Gasteiger partial charge is 0.481 e. The normalized spacial score (nSPS) is 8.57. The molecule has 9 nitrogen and oxygen atoms in total. The Bertz CT molecular complexity index is 258. The minimum atomic E-state index is -1.06. The van der Waals surface area contributed by atoms with Gasteiger partial charge in [-0.25, -0.2) is 0 Å². The standard InChI is InChI=1S/C4H10O3.2C4H6O3/c5-1-3-7-4-2-6;2*1-3(5)2-4(6)7/h5-6H,1-4H2;2*2H2,1H3,(H,6,7). The fraction of sp³-hybridized carbons (Fsp3) is 0.667. The highest BCUT2D eigenvalue weighted by atomic mass is 16.5. The van der Waals surface area contributed by atoms with Gasteiger partial charge < -0.3 is 25.2 Å². The molecule has 0 saturated carbocycles. The Balaban J connectivity index is -0.000000231. The van der Waals surface area contributed by atoms with Crippen molar-refractivity contribution in [1.29, 1.82) is 0 Å². The topological polar surface area (TPSA) is 158 Å². The molecule has 124 valence electrons. The molecule has 21 heavy (non-hydrogen) atoms. The van der Waals surface area contributed by atoms with E-state index in [0.717, 1.165) is 0 Å². The zero-order valence-corrected chi connectivity index (χ0v) is 12.1. The first-order valence-corrected chi connectivity index (χ1v) is 5.89. The van der Waals surface area contributed by atoms with E-state index in [2.05, 4.69) is 4.74 Å². The van der Waals surface area contributed by atoms with Crippen LogP contribution >= 0.6 is 0 Å². The van der Waals surface area contributed by atoms with Gasteiger partial charge in [0, 0.05) is 0 Å². The van der Waals surface area contributed by atoms with Crippen LogP contribution in [0.3, 0.4) is 0 Å². The highest BCUT2D eigenvalue weighted by Crippen LogP contribution is 1.78. The lowest BCUT2D eigenvalue weighted by Gasteiger charge is -1.94. The molecule has 0 aromatic carbocycles. The van der Waals surface area contributed by atoms with Crippen molar-refractivity contribution in [2.75, 3.05) is 26.4 Å². The van der Waals surface area contributed by atoms with E-state index in [0.29, 0.717) is 13.2 Å². The van der Waals surface area contributed by atoms with Crippen LogP contribution < -0.4 is 0 Å². The Morgan fingerprint density at radius 2 is 1.05 bits per heavy atom. The van der Waals surface area contributed by atoms with Crippen molar-refractivity contribution in [3.63, 3.8) is 0 Å². The molecule has 0 spiro atoms. The molecule has 0 aromatic rings. The molecule has 0 unspecified atom stereocenters. The number of carbonyl (C=O) groups excluding carboxylic acids is 2. The van der Waals surface area contributed by atoms with E-state index in [-0.39, 0.29) is 37.6 Å². The fourth-order valence-electron chi connectivity index (χ4n) is 0.657. The molecule has 0 rings (SSSR count). The van der Waals surface area contributed by atoms with Gasteiger partial charge in [-0.3, -0.25) is 19.2 Å². The number of aliphatic hydroxyl groups excluding tert-OH is 2. The van der Waals surface area contributed by atoms with E-state index in [1.165, 1.54) is 13.8 Å². The fourth-order valence-corrected chi connectivity index (χ4v) is 0.657. The Kier molecular flexibility index (Phi) is 20.9. The Morgan fingerprint density at radius 3 is 1.14 bits per heavy atom. The first-order valence-electron chi connectivity index (χ1n) is 5.89. The SMILES string of the molecule is CC(=O)CC(=O)O.CC(=O)CC(=O)O.OCCOCCO. The number of hydrogen-bond acceptors (Lipinski definition) is 7. The zero-order chi connectivity index (χ0) is 17.3. The van der Waals surface area contributed by atoms with E-state index in [9.17, 15) is 19.2 Å². The molecule has 0 amide bonds. The summed E-state index contributed by atoms with van der Waals surface area (Å²) in [6, 6.07) is 0. The van der Waals surface area contributed by atoms with Crippen LogP contribution in [0.5, 0.6) is 0 Å². The molecule has 0 atom stereocenters. The van der Waals surface area contributed by atoms with Gasteiger partial charge in [0.05, 0.1) is 26.4 Å². The molecule has 0 aromatic heterocycles. The summed E-state index contributed by atoms with van der Waals surface area (Å²) in [5.41, 5.74) is 0. The molecule has 0 aliphatic carbocycles. The molecule has 0 aliphatic rings. The van der Waals surface area contributed by atoms with Gasteiger partial charge in [0.25, 0.3) is 0 Å². The van der Waals surface area contributed by atoms with Crippen LogP contribution in [0.4, 0.5) is 0 Å². The highest BCUT2D eigenvalue weighted by molar-refractivity contribution is 5.93. The maximum absolute atomic E-state index is 9.87. The van der Waals surface area contributed by atoms with Crippen LogP contribution in [0.1, 0.15) is 26.7 Å². The van der Waals surface area contributed by atoms with Crippen LogP contribution in [0.15, 0.2) is 0 Å². The van der Waals surface area contributed by atoms with Crippen molar-refractivity contribution in [3.05, 3.63) is 0 Å². The van der Waals surface area contributed by atoms with Crippen LogP contribution in [-0.4, -0.2) is 70.4 Å². The number of ether oxygens (including phenoxy) is 1. The molecule has 0 saturated heterocycles. The number of carboxylic acids is 2. The van der Waals surface area contributed by atoms with Crippen molar-refractivity contribution in [1.82, 2.24) is 0 Å². The third-order valence-electron chi connectivity index (χ3n) is 1.27. The smallest absolute Gasteiger partial charge is 0.310 e. The lowest BCUT2D eigenvalue weighted by Crippen LogP contribution is -2.03. The van der Waals surface area contributed by atoms with Gasteiger partial charge in [0.2, 0.25) is 0 Å². The number of hydrogen-bond donors (Lipinski definition) is 4. The molecule has 4 N–H and O–H groups in total. The second kappa shape index (κ2) is 18.2. The molecule has 0 fully saturated rings. The van der Waals surface area contributed by atoms with Crippen LogP contribution in [0, 0.1) is 0 Å². The summed E-state index contributed by atoms with van der Waals surface area (Å²) in [5.74, 6) is -2.75. The van der Waals surface area contributed by atoms with Crippen molar-refractivity contribution >= 4 is 23.5 Å². The quantitative estimate of drug-likeness (QED) is 0.329. The van der Waals surface area contributed by atoms with Crippen molar-refractivity contribution in [3.8, 4) is 0 Å². The van der Waals surface area contributed by atoms with Crippen LogP contribution in [0.25, 0.3) is 0 Å². The summed E-state index contributed by atoms with van der Waals surface area (Å²) in [6.07, 6.45) is -0.722. The summed E-state index contributed by atoms with van der Waals surface area (Å²) in [7, 11) is 0. The van der Waals surface area contributed by atoms with E-state index in [4.69, 9.17) is 20.4 Å². The van der Waals surface area contributed by atoms with Crippen molar-refractivity contribution in [2.24, 2.45) is 0 Å². The van der Waals surface area contributed by atoms with Crippen LogP contribution in [-0.2, 0) is 23.9 Å². The monoisotopic (exact) mass is 310 g/mol. The summed E-state index contributed by atoms with van der Waals surface area (Å²) in [5, 5.41) is 31.9. The average molecular weight is 310 g/mol. The average Bonchev–Trinajstić information content (AvgIpc) is 2.27. The number of Topliss-reactive ketones (excluding diaryl/α,β-unsaturated/α-hetero) is 2. The summed E-state index contributed by atoms with van der Waals surface area (Å²) >= 11 is 0. The summed E-state index contributed by atoms with van der Waals surface area (Å²) in [4.78, 5) is 38.9. The molecule has 0 radical (unpaired) electrons. The molecular weight excluding hydrogens is 288 g/mol. The molecule has 0 bridgehead atoms. The molecule has 0 heterocycles. The minimum absolute atomic E-state index is 0.0278. The minimum Gasteiger partial charge on any atom is -0.481 e. The van der Waals surface area contributed by atoms with E-state index in [1.54, 1.807) is 0 Å². The summed E-state index contributed by atoms with van der Waals surface area (Å²) < 4.78 is 4.63. The predicted octanol–water partition coefficient (Wildman–Crippen LogP) is -0.912. The second-order valence-corrected chi connectivity index (χ2v) is 3.60. The molecular formula is C12H22O9. The van der Waals surface area contributed by atoms with Crippen LogP contribution in [0.2, 0.25) is 0 Å². The van der Waals surface area contributed by atoms with Gasteiger partial charge in [-0.2, -0.15) is 0 Å². The lowest BCUT2D eigenvalue weighted by atomic mass is 10.3. The van der Waals surface area contributed by atoms with Crippen molar-refractivity contribution < 1.29 is 44.3 Å². The maximum atomic E-state index is 9.87. The van der Waals surface area contributed by atoms with Gasteiger partial charge in [-0.05, 0) is 13.8 Å². The Hall–Kier alpha value is -1.84. The van der Waals surface area contributed by atoms with E-state index in [1.807, 2.05) is 0 Å². The number of carboxylic acid groups (broad SMARTS) is 2. The maximum Gasteiger partial charge on any atom is 0.310 e. The molecule has 0 aliphatic heterocycles. The number of ketones is 2. The lowest BCUT2D eigenvalue weighted by molar-refractivity contribution is -0.141. The predicted molar refractivity (Wildman–Crippen MR) is 70.9 cm³/mol. The highest BCUT2D eigenvalue weighted by Gasteiger charge is 1.98. The first-order chi connectivity index (χ1) is 9.67. The first kappa shape index (κ1) is 24.2. The van der Waals surface area contributed by atoms with Gasteiger partial charge in [-0.1, -0.05) is 0 Å². The van der Waals surface area contributed by atoms with Gasteiger partial charge in [-0.15, -0.1) is 0 Å². The third-order valence-corrected chi connectivity index (χ3v) is 1.27. The Morgan fingerprint density at radius 1 is 0.762 bits per heavy atom. The van der Waals surface area contributed by atoms with Gasteiger partial charge >= 0.3 is 11.9 Å². The second-order valence-electron chi connectivity index (χ2n) is 3.60. The van der Waals surface area contributed by atoms with Gasteiger partial charge in [0.1, 0.15) is 24.4 Å². The number of aliphatic carboxylic acids is 2. The molecule has 9 heteroatoms. The summed E-state index contributed by atoms with van der Waals surface area (Å²) in [6.45, 7) is 3.18. The Labute approximate surface area is 122 Å². The van der Waals surface area contributed by atoms with Crippen molar-refractivity contribution in [2.45, 2.75) is 26.7 Å². The number of aliphatic hydroxyl groups is 2. The number of rotatable bonds is 8.